The normalized spacial score (nSPS) is 12.1. The number of hydrogen-bond donors (Lipinski definition) is 0. The smallest absolute Gasteiger partial charge is 0.216 e. The van der Waals surface area contributed by atoms with Crippen molar-refractivity contribution < 1.29 is 24.5 Å². The zero-order valence-corrected chi connectivity index (χ0v) is 44.2. The number of aromatic nitrogens is 5. The number of imidazole rings is 1. The van der Waals surface area contributed by atoms with Gasteiger partial charge in [-0.1, -0.05) is 111 Å². The van der Waals surface area contributed by atoms with Crippen molar-refractivity contribution in [1.29, 1.82) is 0 Å². The van der Waals surface area contributed by atoms with Crippen molar-refractivity contribution in [3.05, 3.63) is 193 Å². The quantitative estimate of drug-likeness (QED) is 0.112. The van der Waals surface area contributed by atoms with Crippen molar-refractivity contribution in [2.75, 3.05) is 0 Å². The third kappa shape index (κ3) is 8.99. The molecule has 0 fully saturated rings. The summed E-state index contributed by atoms with van der Waals surface area (Å²) in [6, 6.07) is 61.8. The summed E-state index contributed by atoms with van der Waals surface area (Å²) < 4.78 is 10.5. The number of aryl methyl sites for hydroxylation is 2. The van der Waals surface area contributed by atoms with Crippen molar-refractivity contribution in [2.24, 2.45) is 5.92 Å². The molecule has 6 aromatic carbocycles. The molecule has 0 saturated heterocycles. The molecule has 1 unspecified atom stereocenters. The van der Waals surface area contributed by atoms with Crippen molar-refractivity contribution >= 4 is 61.7 Å². The van der Waals surface area contributed by atoms with Crippen molar-refractivity contribution in [1.82, 2.24) is 24.5 Å². The van der Waals surface area contributed by atoms with Crippen LogP contribution in [0.4, 0.5) is 0 Å². The Morgan fingerprint density at radius 1 is 0.618 bits per heavy atom. The topological polar surface area (TPSA) is 69.6 Å². The third-order valence-electron chi connectivity index (χ3n) is 12.9. The van der Waals surface area contributed by atoms with E-state index in [-0.39, 0.29) is 20.1 Å². The minimum Gasteiger partial charge on any atom is -0.486 e. The van der Waals surface area contributed by atoms with E-state index >= 15 is 0 Å². The van der Waals surface area contributed by atoms with E-state index in [0.29, 0.717) is 17.5 Å². The molecule has 0 aliphatic carbocycles. The number of para-hydroxylation sites is 1. The number of hydrogen-bond acceptors (Lipinski definition) is 5. The first-order valence-corrected chi connectivity index (χ1v) is 30.5. The van der Waals surface area contributed by atoms with Gasteiger partial charge in [0.05, 0.1) is 33.6 Å². The second-order valence-electron chi connectivity index (χ2n) is 18.9. The maximum absolute atomic E-state index is 6.72. The molecule has 0 bridgehead atoms. The van der Waals surface area contributed by atoms with Gasteiger partial charge in [0.25, 0.3) is 0 Å². The Labute approximate surface area is 415 Å². The zero-order chi connectivity index (χ0) is 46.4. The van der Waals surface area contributed by atoms with Gasteiger partial charge in [0.2, 0.25) is 5.71 Å². The number of fused-ring (bicyclic) bond motifs is 6. The summed E-state index contributed by atoms with van der Waals surface area (Å²) in [5.41, 5.74) is 15.7. The number of rotatable bonds is 8. The molecule has 5 aromatic heterocycles. The molecular formula is C60H53GeIrN5O-2. The molecule has 0 N–H and O–H groups in total. The van der Waals surface area contributed by atoms with E-state index in [1.165, 1.54) is 9.96 Å². The minimum atomic E-state index is -1.73. The van der Waals surface area contributed by atoms with Gasteiger partial charge in [-0.2, -0.15) is 0 Å². The summed E-state index contributed by atoms with van der Waals surface area (Å²) in [6.45, 7) is 10.8. The predicted molar refractivity (Wildman–Crippen MR) is 281 cm³/mol. The van der Waals surface area contributed by atoms with Crippen LogP contribution in [-0.4, -0.2) is 37.8 Å². The molecule has 6 nitrogen and oxygen atoms in total. The van der Waals surface area contributed by atoms with E-state index in [9.17, 15) is 0 Å². The second-order valence-corrected chi connectivity index (χ2v) is 29.6. The van der Waals surface area contributed by atoms with Crippen molar-refractivity contribution in [3.63, 3.8) is 0 Å². The van der Waals surface area contributed by atoms with Gasteiger partial charge in [-0.05, 0) is 60.4 Å². The van der Waals surface area contributed by atoms with E-state index < -0.39 is 13.3 Å². The summed E-state index contributed by atoms with van der Waals surface area (Å²) in [5, 5.41) is 3.00. The molecule has 0 amide bonds. The molecular weight excluding hydrogens is 1070 g/mol. The molecule has 0 aliphatic heterocycles. The number of furan rings is 1. The Morgan fingerprint density at radius 3 is 1.94 bits per heavy atom. The molecule has 5 heterocycles. The SMILES string of the molecule is Cc1c[c-]c(-c2cc[c]([Ge]([CH3])([CH3])[CH3])cn2)cc1.Cc1ccc2c(ccc3nc(-c4[c-]ccc5c4oc4nc(C(C)C(C)C)ccc45)n(-c4c(-c5ccccc5)cccc4-c4ccccc4)c32)n1.[Ir]. The van der Waals surface area contributed by atoms with Crippen LogP contribution < -0.4 is 4.40 Å². The van der Waals surface area contributed by atoms with Crippen LogP contribution in [0.15, 0.2) is 168 Å². The van der Waals surface area contributed by atoms with E-state index in [1.54, 1.807) is 0 Å². The third-order valence-corrected chi connectivity index (χ3v) is 17.2. The Morgan fingerprint density at radius 2 is 1.31 bits per heavy atom. The number of pyridine rings is 3. The van der Waals surface area contributed by atoms with Crippen LogP contribution in [0.5, 0.6) is 0 Å². The molecule has 8 heteroatoms. The summed E-state index contributed by atoms with van der Waals surface area (Å²) in [6.07, 6.45) is 2.04. The fourth-order valence-electron chi connectivity index (χ4n) is 8.80. The van der Waals surface area contributed by atoms with Crippen molar-refractivity contribution in [3.8, 4) is 50.6 Å². The van der Waals surface area contributed by atoms with Gasteiger partial charge >= 0.3 is 106 Å². The van der Waals surface area contributed by atoms with Gasteiger partial charge in [0.15, 0.2) is 0 Å². The summed E-state index contributed by atoms with van der Waals surface area (Å²) in [7, 11) is 0. The Kier molecular flexibility index (Phi) is 13.2. The first-order valence-electron chi connectivity index (χ1n) is 23.2. The average Bonchev–Trinajstić information content (AvgIpc) is 3.93. The summed E-state index contributed by atoms with van der Waals surface area (Å²) >= 11 is -1.73. The maximum Gasteiger partial charge on any atom is 0.216 e. The van der Waals surface area contributed by atoms with E-state index in [1.807, 2.05) is 25.3 Å². The monoisotopic (exact) mass is 1130 g/mol. The zero-order valence-electron chi connectivity index (χ0n) is 39.7. The Balaban J connectivity index is 0.000000272. The van der Waals surface area contributed by atoms with Crippen LogP contribution in [0.1, 0.15) is 43.6 Å². The largest absolute Gasteiger partial charge is 0.486 e. The standard InChI is InChI=1S/C45H35N4O.C15H18GeN.Ir/c1-27(2)29(4)38-24-23-35-34-19-12-20-37(43(34)50-45(35)48-38)44-47-40-26-25-39-36(22-21-28(3)46-39)42(40)49(44)41-32(30-13-7-5-8-14-30)17-11-18-33(41)31-15-9-6-10-16-31;1-12-5-7-13(8-6-12)15-10-9-14(11-17-15)16(2,3)4;/h5-19,21-27,29H,1-4H3;5-7,9-11H,1-4H3;/q2*-1;. The molecule has 68 heavy (non-hydrogen) atoms. The van der Waals surface area contributed by atoms with Crippen LogP contribution >= 0.6 is 0 Å². The molecule has 1 radical (unpaired) electrons. The van der Waals surface area contributed by atoms with Crippen LogP contribution in [-0.2, 0) is 20.1 Å². The summed E-state index contributed by atoms with van der Waals surface area (Å²) in [4.78, 5) is 19.9. The molecule has 0 saturated carbocycles. The molecule has 11 aromatic rings. The predicted octanol–water partition coefficient (Wildman–Crippen LogP) is 15.1. The average molecular weight is 1120 g/mol. The molecule has 339 valence electrons. The van der Waals surface area contributed by atoms with Crippen LogP contribution in [0.25, 0.3) is 94.6 Å². The molecule has 0 spiro atoms. The van der Waals surface area contributed by atoms with Gasteiger partial charge < -0.3 is 8.98 Å². The molecule has 1 atom stereocenters. The van der Waals surface area contributed by atoms with Gasteiger partial charge in [0.1, 0.15) is 0 Å². The van der Waals surface area contributed by atoms with Crippen LogP contribution in [0.3, 0.4) is 0 Å². The fourth-order valence-corrected chi connectivity index (χ4v) is 11.0. The van der Waals surface area contributed by atoms with Gasteiger partial charge in [-0.3, -0.25) is 9.97 Å². The maximum atomic E-state index is 6.72. The molecule has 0 aliphatic rings. The number of nitrogens with zero attached hydrogens (tertiary/aromatic N) is 5. The first kappa shape index (κ1) is 46.6. The van der Waals surface area contributed by atoms with Crippen LogP contribution in [0.2, 0.25) is 17.3 Å². The first-order chi connectivity index (χ1) is 32.4. The minimum absolute atomic E-state index is 0. The second kappa shape index (κ2) is 19.2. The van der Waals surface area contributed by atoms with Gasteiger partial charge in [-0.25, -0.2) is 4.98 Å². The Bertz CT molecular complexity index is 3500. The van der Waals surface area contributed by atoms with Gasteiger partial charge in [-0.15, -0.1) is 18.2 Å². The molecule has 11 rings (SSSR count). The Hall–Kier alpha value is -6.51. The number of benzene rings is 6. The fraction of sp³-hybridized carbons (Fsp3) is 0.167. The van der Waals surface area contributed by atoms with Crippen LogP contribution in [0, 0.1) is 31.9 Å². The van der Waals surface area contributed by atoms with E-state index in [4.69, 9.17) is 19.4 Å². The van der Waals surface area contributed by atoms with E-state index in [0.717, 1.165) is 100 Å². The summed E-state index contributed by atoms with van der Waals surface area (Å²) in [5.74, 6) is 8.66. The van der Waals surface area contributed by atoms with Crippen molar-refractivity contribution in [2.45, 2.75) is 57.8 Å². The van der Waals surface area contributed by atoms with Gasteiger partial charge in [0, 0.05) is 59.3 Å². The van der Waals surface area contributed by atoms with E-state index in [2.05, 4.69) is 212 Å².